The van der Waals surface area contributed by atoms with Gasteiger partial charge in [0, 0.05) is 30.5 Å². The molecule has 1 aromatic carbocycles. The second-order valence-corrected chi connectivity index (χ2v) is 6.18. The van der Waals surface area contributed by atoms with Crippen molar-refractivity contribution in [1.82, 2.24) is 4.90 Å². The fourth-order valence-electron chi connectivity index (χ4n) is 4.17. The van der Waals surface area contributed by atoms with Crippen LogP contribution in [0.25, 0.3) is 0 Å². The Bertz CT molecular complexity index is 412. The standard InChI is InChI=1S/C15H19NO/c1-2-4-13(5-3-1)8-16-9-14-6-7-15(14,10-16)12-17-11-14/h1-5H,6-12H2. The molecule has 2 atom stereocenters. The molecule has 2 aliphatic heterocycles. The maximum Gasteiger partial charge on any atom is 0.0541 e. The number of benzene rings is 1. The fourth-order valence-corrected chi connectivity index (χ4v) is 4.17. The van der Waals surface area contributed by atoms with E-state index in [1.807, 2.05) is 0 Å². The molecule has 1 aromatic rings. The summed E-state index contributed by atoms with van der Waals surface area (Å²) in [5.74, 6) is 0. The van der Waals surface area contributed by atoms with Crippen molar-refractivity contribution in [3.05, 3.63) is 35.9 Å². The number of rotatable bonds is 2. The van der Waals surface area contributed by atoms with Crippen LogP contribution >= 0.6 is 0 Å². The van der Waals surface area contributed by atoms with E-state index in [4.69, 9.17) is 4.74 Å². The maximum absolute atomic E-state index is 5.75. The van der Waals surface area contributed by atoms with Crippen molar-refractivity contribution < 1.29 is 4.74 Å². The number of ether oxygens (including phenoxy) is 1. The molecule has 4 rings (SSSR count). The Kier molecular flexibility index (Phi) is 1.98. The molecule has 3 fully saturated rings. The average molecular weight is 229 g/mol. The molecule has 17 heavy (non-hydrogen) atoms. The third-order valence-electron chi connectivity index (χ3n) is 5.27. The minimum atomic E-state index is 0.530. The zero-order chi connectivity index (χ0) is 11.3. The van der Waals surface area contributed by atoms with Crippen LogP contribution in [0.2, 0.25) is 0 Å². The summed E-state index contributed by atoms with van der Waals surface area (Å²) in [5.41, 5.74) is 2.50. The molecule has 2 nitrogen and oxygen atoms in total. The second-order valence-electron chi connectivity index (χ2n) is 6.18. The molecule has 1 aliphatic carbocycles. The molecule has 0 aromatic heterocycles. The summed E-state index contributed by atoms with van der Waals surface area (Å²) in [5, 5.41) is 0. The molecule has 3 aliphatic rings. The van der Waals surface area contributed by atoms with Crippen LogP contribution in [-0.4, -0.2) is 31.2 Å². The first kappa shape index (κ1) is 10.1. The van der Waals surface area contributed by atoms with E-state index in [9.17, 15) is 0 Å². The first-order valence-electron chi connectivity index (χ1n) is 6.66. The predicted molar refractivity (Wildman–Crippen MR) is 66.6 cm³/mol. The van der Waals surface area contributed by atoms with Crippen molar-refractivity contribution in [2.75, 3.05) is 26.3 Å². The van der Waals surface area contributed by atoms with Crippen LogP contribution in [0, 0.1) is 10.8 Å². The summed E-state index contributed by atoms with van der Waals surface area (Å²) in [6.45, 7) is 5.64. The van der Waals surface area contributed by atoms with Gasteiger partial charge in [-0.3, -0.25) is 4.90 Å². The van der Waals surface area contributed by atoms with E-state index in [0.29, 0.717) is 10.8 Å². The molecular formula is C15H19NO. The zero-order valence-electron chi connectivity index (χ0n) is 10.2. The van der Waals surface area contributed by atoms with E-state index >= 15 is 0 Å². The van der Waals surface area contributed by atoms with Crippen molar-refractivity contribution in [3.63, 3.8) is 0 Å². The van der Waals surface area contributed by atoms with E-state index in [-0.39, 0.29) is 0 Å². The highest BCUT2D eigenvalue weighted by Crippen LogP contribution is 2.64. The summed E-state index contributed by atoms with van der Waals surface area (Å²) in [4.78, 5) is 2.64. The SMILES string of the molecule is c1ccc(CN2CC34CCC3(COC4)C2)cc1. The van der Waals surface area contributed by atoms with Crippen molar-refractivity contribution in [1.29, 1.82) is 0 Å². The molecule has 90 valence electrons. The van der Waals surface area contributed by atoms with Crippen molar-refractivity contribution >= 4 is 0 Å². The number of likely N-dealkylation sites (tertiary alicyclic amines) is 1. The Labute approximate surface area is 103 Å². The monoisotopic (exact) mass is 229 g/mol. The van der Waals surface area contributed by atoms with Gasteiger partial charge in [-0.15, -0.1) is 0 Å². The lowest BCUT2D eigenvalue weighted by Crippen LogP contribution is -2.49. The van der Waals surface area contributed by atoms with Gasteiger partial charge in [-0.25, -0.2) is 0 Å². The summed E-state index contributed by atoms with van der Waals surface area (Å²) in [6, 6.07) is 10.8. The summed E-state index contributed by atoms with van der Waals surface area (Å²) in [7, 11) is 0. The zero-order valence-corrected chi connectivity index (χ0v) is 10.2. The highest BCUT2D eigenvalue weighted by molar-refractivity contribution is 5.19. The van der Waals surface area contributed by atoms with E-state index in [1.54, 1.807) is 0 Å². The molecule has 0 N–H and O–H groups in total. The molecule has 2 heterocycles. The van der Waals surface area contributed by atoms with Crippen LogP contribution in [0.5, 0.6) is 0 Å². The van der Waals surface area contributed by atoms with Gasteiger partial charge < -0.3 is 4.74 Å². The summed E-state index contributed by atoms with van der Waals surface area (Å²) in [6.07, 6.45) is 2.77. The normalized spacial score (nSPS) is 39.8. The van der Waals surface area contributed by atoms with Crippen LogP contribution in [0.15, 0.2) is 30.3 Å². The predicted octanol–water partition coefficient (Wildman–Crippen LogP) is 2.30. The average Bonchev–Trinajstić information content (AvgIpc) is 2.64. The topological polar surface area (TPSA) is 12.5 Å². The molecule has 0 bridgehead atoms. The first-order valence-corrected chi connectivity index (χ1v) is 6.66. The van der Waals surface area contributed by atoms with Gasteiger partial charge in [0.25, 0.3) is 0 Å². The number of nitrogens with zero attached hydrogens (tertiary/aromatic N) is 1. The van der Waals surface area contributed by atoms with Gasteiger partial charge in [-0.1, -0.05) is 30.3 Å². The van der Waals surface area contributed by atoms with E-state index in [0.717, 1.165) is 19.8 Å². The summed E-state index contributed by atoms with van der Waals surface area (Å²) < 4.78 is 5.75. The van der Waals surface area contributed by atoms with Gasteiger partial charge in [0.1, 0.15) is 0 Å². The molecular weight excluding hydrogens is 210 g/mol. The second kappa shape index (κ2) is 3.33. The quantitative estimate of drug-likeness (QED) is 0.771. The van der Waals surface area contributed by atoms with Gasteiger partial charge >= 0.3 is 0 Å². The van der Waals surface area contributed by atoms with Crippen LogP contribution in [0.1, 0.15) is 18.4 Å². The fraction of sp³-hybridized carbons (Fsp3) is 0.600. The summed E-state index contributed by atoms with van der Waals surface area (Å²) >= 11 is 0. The van der Waals surface area contributed by atoms with Crippen LogP contribution in [0.4, 0.5) is 0 Å². The molecule has 0 spiro atoms. The lowest BCUT2D eigenvalue weighted by Gasteiger charge is -2.48. The lowest BCUT2D eigenvalue weighted by molar-refractivity contribution is 0.0255. The number of hydrogen-bond donors (Lipinski definition) is 0. The Hall–Kier alpha value is -0.860. The van der Waals surface area contributed by atoms with Crippen LogP contribution in [-0.2, 0) is 11.3 Å². The Morgan fingerprint density at radius 1 is 1.00 bits per heavy atom. The van der Waals surface area contributed by atoms with Gasteiger partial charge in [0.2, 0.25) is 0 Å². The minimum absolute atomic E-state index is 0.530. The first-order chi connectivity index (χ1) is 8.32. The third kappa shape index (κ3) is 1.28. The van der Waals surface area contributed by atoms with E-state index in [2.05, 4.69) is 35.2 Å². The van der Waals surface area contributed by atoms with Crippen molar-refractivity contribution in [2.24, 2.45) is 10.8 Å². The Morgan fingerprint density at radius 2 is 1.65 bits per heavy atom. The smallest absolute Gasteiger partial charge is 0.0541 e. The van der Waals surface area contributed by atoms with Crippen molar-refractivity contribution in [2.45, 2.75) is 19.4 Å². The lowest BCUT2D eigenvalue weighted by atomic mass is 9.53. The molecule has 0 amide bonds. The van der Waals surface area contributed by atoms with Gasteiger partial charge in [-0.05, 0) is 18.4 Å². The van der Waals surface area contributed by atoms with E-state index < -0.39 is 0 Å². The molecule has 0 radical (unpaired) electrons. The highest BCUT2D eigenvalue weighted by atomic mass is 16.5. The van der Waals surface area contributed by atoms with Crippen LogP contribution < -0.4 is 0 Å². The number of hydrogen-bond acceptors (Lipinski definition) is 2. The Morgan fingerprint density at radius 3 is 2.24 bits per heavy atom. The van der Waals surface area contributed by atoms with E-state index in [1.165, 1.54) is 31.5 Å². The molecule has 2 saturated heterocycles. The molecule has 2 heteroatoms. The Balaban J connectivity index is 1.53. The van der Waals surface area contributed by atoms with Gasteiger partial charge in [0.15, 0.2) is 0 Å². The highest BCUT2D eigenvalue weighted by Gasteiger charge is 2.66. The van der Waals surface area contributed by atoms with Crippen LogP contribution in [0.3, 0.4) is 0 Å². The van der Waals surface area contributed by atoms with Gasteiger partial charge in [-0.2, -0.15) is 0 Å². The van der Waals surface area contributed by atoms with Crippen molar-refractivity contribution in [3.8, 4) is 0 Å². The third-order valence-corrected chi connectivity index (χ3v) is 5.27. The van der Waals surface area contributed by atoms with Gasteiger partial charge in [0.05, 0.1) is 13.2 Å². The maximum atomic E-state index is 5.75. The largest absolute Gasteiger partial charge is 0.380 e. The molecule has 2 unspecified atom stereocenters. The minimum Gasteiger partial charge on any atom is -0.380 e. The molecule has 1 saturated carbocycles.